The van der Waals surface area contributed by atoms with Crippen LogP contribution in [0.5, 0.6) is 0 Å². The smallest absolute Gasteiger partial charge is 0.123 e. The van der Waals surface area contributed by atoms with Crippen LogP contribution < -0.4 is 0 Å². The molecule has 0 bridgehead atoms. The molecule has 0 amide bonds. The van der Waals surface area contributed by atoms with Crippen LogP contribution in [0.1, 0.15) is 0 Å². The first-order chi connectivity index (χ1) is 7.84. The molecule has 0 aliphatic heterocycles. The number of thiophene rings is 1. The Balaban J connectivity index is 2.25. The summed E-state index contributed by atoms with van der Waals surface area (Å²) in [6, 6.07) is 10.6. The van der Waals surface area contributed by atoms with Crippen molar-refractivity contribution in [2.75, 3.05) is 0 Å². The van der Waals surface area contributed by atoms with Crippen molar-refractivity contribution >= 4 is 21.6 Å². The summed E-state index contributed by atoms with van der Waals surface area (Å²) >= 11 is 1.61. The molecule has 3 rings (SSSR count). The third-order valence-electron chi connectivity index (χ3n) is 2.52. The standard InChI is InChI=1S/C13H8FNS/c14-10-3-1-9(2-4-10)11-5-7-15-13-12(11)6-8-16-13/h1-8H. The van der Waals surface area contributed by atoms with Crippen LogP contribution in [0, 0.1) is 5.82 Å². The van der Waals surface area contributed by atoms with Crippen LogP contribution in [-0.2, 0) is 0 Å². The number of rotatable bonds is 1. The van der Waals surface area contributed by atoms with Gasteiger partial charge in [0.05, 0.1) is 0 Å². The highest BCUT2D eigenvalue weighted by Gasteiger charge is 2.05. The Morgan fingerprint density at radius 1 is 1.00 bits per heavy atom. The molecule has 78 valence electrons. The van der Waals surface area contributed by atoms with E-state index in [0.717, 1.165) is 21.3 Å². The van der Waals surface area contributed by atoms with Gasteiger partial charge in [0, 0.05) is 11.6 Å². The second kappa shape index (κ2) is 3.68. The fraction of sp³-hybridized carbons (Fsp3) is 0. The molecular formula is C13H8FNS. The van der Waals surface area contributed by atoms with E-state index in [2.05, 4.69) is 4.98 Å². The largest absolute Gasteiger partial charge is 0.245 e. The van der Waals surface area contributed by atoms with Crippen LogP contribution in [0.4, 0.5) is 4.39 Å². The summed E-state index contributed by atoms with van der Waals surface area (Å²) in [5.74, 6) is -0.209. The van der Waals surface area contributed by atoms with Crippen molar-refractivity contribution in [3.8, 4) is 11.1 Å². The minimum Gasteiger partial charge on any atom is -0.245 e. The zero-order valence-electron chi connectivity index (χ0n) is 8.35. The lowest BCUT2D eigenvalue weighted by Gasteiger charge is -2.02. The van der Waals surface area contributed by atoms with Gasteiger partial charge < -0.3 is 0 Å². The normalized spacial score (nSPS) is 10.8. The summed E-state index contributed by atoms with van der Waals surface area (Å²) < 4.78 is 12.8. The van der Waals surface area contributed by atoms with E-state index in [4.69, 9.17) is 0 Å². The Hall–Kier alpha value is -1.74. The average molecular weight is 229 g/mol. The first kappa shape index (κ1) is 9.48. The van der Waals surface area contributed by atoms with Gasteiger partial charge in [-0.1, -0.05) is 12.1 Å². The Labute approximate surface area is 96.2 Å². The lowest BCUT2D eigenvalue weighted by molar-refractivity contribution is 0.628. The van der Waals surface area contributed by atoms with E-state index in [9.17, 15) is 4.39 Å². The zero-order valence-corrected chi connectivity index (χ0v) is 9.17. The highest BCUT2D eigenvalue weighted by molar-refractivity contribution is 7.16. The maximum Gasteiger partial charge on any atom is 0.123 e. The molecule has 0 saturated heterocycles. The zero-order chi connectivity index (χ0) is 11.0. The molecule has 2 aromatic heterocycles. The van der Waals surface area contributed by atoms with E-state index in [1.165, 1.54) is 12.1 Å². The van der Waals surface area contributed by atoms with Gasteiger partial charge in [-0.15, -0.1) is 11.3 Å². The first-order valence-electron chi connectivity index (χ1n) is 4.93. The maximum absolute atomic E-state index is 12.8. The van der Waals surface area contributed by atoms with E-state index in [-0.39, 0.29) is 5.82 Å². The van der Waals surface area contributed by atoms with Gasteiger partial charge in [-0.2, -0.15) is 0 Å². The third-order valence-corrected chi connectivity index (χ3v) is 3.34. The van der Waals surface area contributed by atoms with Crippen molar-refractivity contribution in [2.24, 2.45) is 0 Å². The van der Waals surface area contributed by atoms with E-state index < -0.39 is 0 Å². The van der Waals surface area contributed by atoms with Crippen molar-refractivity contribution in [3.63, 3.8) is 0 Å². The molecule has 16 heavy (non-hydrogen) atoms. The van der Waals surface area contributed by atoms with Crippen LogP contribution in [0.15, 0.2) is 48.0 Å². The highest BCUT2D eigenvalue weighted by atomic mass is 32.1. The van der Waals surface area contributed by atoms with E-state index >= 15 is 0 Å². The molecule has 1 aromatic carbocycles. The number of aromatic nitrogens is 1. The van der Waals surface area contributed by atoms with Crippen molar-refractivity contribution in [1.29, 1.82) is 0 Å². The van der Waals surface area contributed by atoms with Crippen LogP contribution in [0.3, 0.4) is 0 Å². The minimum atomic E-state index is -0.209. The molecule has 0 spiro atoms. The molecule has 3 heteroatoms. The summed E-state index contributed by atoms with van der Waals surface area (Å²) in [6.07, 6.45) is 1.79. The number of hydrogen-bond acceptors (Lipinski definition) is 2. The summed E-state index contributed by atoms with van der Waals surface area (Å²) in [6.45, 7) is 0. The highest BCUT2D eigenvalue weighted by Crippen LogP contribution is 2.30. The maximum atomic E-state index is 12.8. The molecule has 0 fully saturated rings. The quantitative estimate of drug-likeness (QED) is 0.612. The Morgan fingerprint density at radius 2 is 1.81 bits per heavy atom. The van der Waals surface area contributed by atoms with E-state index in [0.29, 0.717) is 0 Å². The molecule has 0 saturated carbocycles. The number of fused-ring (bicyclic) bond motifs is 1. The lowest BCUT2D eigenvalue weighted by atomic mass is 10.0. The van der Waals surface area contributed by atoms with Gasteiger partial charge in [0.1, 0.15) is 10.6 Å². The number of benzene rings is 1. The minimum absolute atomic E-state index is 0.209. The van der Waals surface area contributed by atoms with Crippen molar-refractivity contribution in [3.05, 3.63) is 53.8 Å². The predicted molar refractivity (Wildman–Crippen MR) is 65.0 cm³/mol. The van der Waals surface area contributed by atoms with E-state index in [1.807, 2.05) is 17.5 Å². The van der Waals surface area contributed by atoms with Crippen LogP contribution >= 0.6 is 11.3 Å². The van der Waals surface area contributed by atoms with Crippen molar-refractivity contribution < 1.29 is 4.39 Å². The van der Waals surface area contributed by atoms with Gasteiger partial charge >= 0.3 is 0 Å². The fourth-order valence-electron chi connectivity index (χ4n) is 1.76. The average Bonchev–Trinajstić information content (AvgIpc) is 2.78. The molecule has 1 nitrogen and oxygen atoms in total. The molecule has 0 unspecified atom stereocenters. The van der Waals surface area contributed by atoms with Gasteiger partial charge in [-0.25, -0.2) is 9.37 Å². The summed E-state index contributed by atoms with van der Waals surface area (Å²) in [4.78, 5) is 5.30. The SMILES string of the molecule is Fc1ccc(-c2ccnc3sccc23)cc1. The molecule has 0 aliphatic carbocycles. The molecular weight excluding hydrogens is 221 g/mol. The topological polar surface area (TPSA) is 12.9 Å². The first-order valence-corrected chi connectivity index (χ1v) is 5.81. The molecule has 2 heterocycles. The molecule has 0 N–H and O–H groups in total. The summed E-state index contributed by atoms with van der Waals surface area (Å²) in [7, 11) is 0. The number of hydrogen-bond donors (Lipinski definition) is 0. The number of nitrogens with zero attached hydrogens (tertiary/aromatic N) is 1. The van der Waals surface area contributed by atoms with Crippen LogP contribution in [0.25, 0.3) is 21.3 Å². The number of pyridine rings is 1. The molecule has 0 radical (unpaired) electrons. The van der Waals surface area contributed by atoms with Gasteiger partial charge in [0.25, 0.3) is 0 Å². The van der Waals surface area contributed by atoms with Gasteiger partial charge in [-0.05, 0) is 40.8 Å². The Bertz CT molecular complexity index is 628. The second-order valence-electron chi connectivity index (χ2n) is 3.50. The fourth-order valence-corrected chi connectivity index (χ4v) is 2.52. The molecule has 0 aliphatic rings. The molecule has 3 aromatic rings. The van der Waals surface area contributed by atoms with Gasteiger partial charge in [0.2, 0.25) is 0 Å². The monoisotopic (exact) mass is 229 g/mol. The predicted octanol–water partition coefficient (Wildman–Crippen LogP) is 4.10. The van der Waals surface area contributed by atoms with Gasteiger partial charge in [-0.3, -0.25) is 0 Å². The summed E-state index contributed by atoms with van der Waals surface area (Å²) in [5, 5.41) is 3.14. The lowest BCUT2D eigenvalue weighted by Crippen LogP contribution is -1.81. The molecule has 0 atom stereocenters. The van der Waals surface area contributed by atoms with Crippen molar-refractivity contribution in [1.82, 2.24) is 4.98 Å². The van der Waals surface area contributed by atoms with Gasteiger partial charge in [0.15, 0.2) is 0 Å². The third kappa shape index (κ3) is 1.49. The summed E-state index contributed by atoms with van der Waals surface area (Å²) in [5.41, 5.74) is 2.12. The van der Waals surface area contributed by atoms with Crippen LogP contribution in [0.2, 0.25) is 0 Å². The van der Waals surface area contributed by atoms with Crippen LogP contribution in [-0.4, -0.2) is 4.98 Å². The Morgan fingerprint density at radius 3 is 2.62 bits per heavy atom. The number of halogens is 1. The second-order valence-corrected chi connectivity index (χ2v) is 4.40. The van der Waals surface area contributed by atoms with E-state index in [1.54, 1.807) is 29.7 Å². The Kier molecular flexibility index (Phi) is 2.18. The van der Waals surface area contributed by atoms with Crippen molar-refractivity contribution in [2.45, 2.75) is 0 Å².